The lowest BCUT2D eigenvalue weighted by Gasteiger charge is -2.05. The third-order valence-electron chi connectivity index (χ3n) is 4.26. The number of aryl methyl sites for hydroxylation is 2. The van der Waals surface area contributed by atoms with E-state index in [-0.39, 0.29) is 6.04 Å². The molecule has 26 heavy (non-hydrogen) atoms. The lowest BCUT2D eigenvalue weighted by Crippen LogP contribution is -2.04. The Morgan fingerprint density at radius 1 is 1.12 bits per heavy atom. The first-order chi connectivity index (χ1) is 12.6. The first kappa shape index (κ1) is 16.2. The van der Waals surface area contributed by atoms with Crippen LogP contribution in [0.1, 0.15) is 25.5 Å². The average Bonchev–Trinajstić information content (AvgIpc) is 3.26. The van der Waals surface area contributed by atoms with Crippen molar-refractivity contribution in [3.05, 3.63) is 48.4 Å². The molecule has 0 unspecified atom stereocenters. The van der Waals surface area contributed by atoms with Gasteiger partial charge in [0.15, 0.2) is 5.65 Å². The molecular weight excluding hydrogens is 328 g/mol. The van der Waals surface area contributed by atoms with Gasteiger partial charge in [0.2, 0.25) is 0 Å². The second-order valence-electron chi connectivity index (χ2n) is 6.45. The molecule has 0 saturated carbocycles. The maximum Gasteiger partial charge on any atom is 0.164 e. The van der Waals surface area contributed by atoms with Crippen LogP contribution in [0.3, 0.4) is 0 Å². The van der Waals surface area contributed by atoms with Gasteiger partial charge in [-0.15, -0.1) is 5.10 Å². The molecule has 0 amide bonds. The van der Waals surface area contributed by atoms with Crippen molar-refractivity contribution >= 4 is 16.9 Å². The highest BCUT2D eigenvalue weighted by atomic mass is 15.4. The van der Waals surface area contributed by atoms with E-state index in [2.05, 4.69) is 37.5 Å². The molecule has 1 aromatic carbocycles. The van der Waals surface area contributed by atoms with E-state index in [1.54, 1.807) is 0 Å². The van der Waals surface area contributed by atoms with Gasteiger partial charge in [0.05, 0.1) is 11.6 Å². The number of hydrogen-bond donors (Lipinski definition) is 1. The van der Waals surface area contributed by atoms with Gasteiger partial charge in [0.25, 0.3) is 0 Å². The van der Waals surface area contributed by atoms with Gasteiger partial charge < -0.3 is 5.73 Å². The normalized spacial score (nSPS) is 11.5. The van der Waals surface area contributed by atoms with Crippen molar-refractivity contribution in [1.82, 2.24) is 34.7 Å². The molecule has 3 aromatic heterocycles. The van der Waals surface area contributed by atoms with Crippen molar-refractivity contribution in [2.24, 2.45) is 0 Å². The number of nitrogens with two attached hydrogens (primary N) is 1. The van der Waals surface area contributed by atoms with E-state index in [1.165, 1.54) is 11.9 Å². The van der Waals surface area contributed by atoms with Crippen LogP contribution in [-0.2, 0) is 13.0 Å². The number of anilines is 1. The summed E-state index contributed by atoms with van der Waals surface area (Å²) in [5, 5.41) is 13.9. The van der Waals surface area contributed by atoms with E-state index >= 15 is 0 Å². The average molecular weight is 348 g/mol. The van der Waals surface area contributed by atoms with Gasteiger partial charge in [0.1, 0.15) is 23.5 Å². The fourth-order valence-electron chi connectivity index (χ4n) is 2.94. The Kier molecular flexibility index (Phi) is 4.08. The zero-order chi connectivity index (χ0) is 18.1. The molecule has 4 aromatic rings. The van der Waals surface area contributed by atoms with Gasteiger partial charge in [-0.3, -0.25) is 4.68 Å². The number of fused-ring (bicyclic) bond motifs is 1. The van der Waals surface area contributed by atoms with Gasteiger partial charge in [-0.1, -0.05) is 35.5 Å². The molecule has 0 saturated heterocycles. The Labute approximate surface area is 150 Å². The highest BCUT2D eigenvalue weighted by molar-refractivity contribution is 5.97. The standard InChI is InChI=1S/C18H20N8/c1-12(2)26-18-15(17(19)20-11-21-18)16(23-26)14-10-25(24-22-14)9-8-13-6-4-3-5-7-13/h3-7,10-12H,8-9H2,1-2H3,(H2,19,20,21). The highest BCUT2D eigenvalue weighted by Gasteiger charge is 2.20. The molecule has 0 radical (unpaired) electrons. The lowest BCUT2D eigenvalue weighted by atomic mass is 10.1. The predicted molar refractivity (Wildman–Crippen MR) is 99.3 cm³/mol. The fraction of sp³-hybridized carbons (Fsp3) is 0.278. The van der Waals surface area contributed by atoms with Crippen LogP contribution in [0.25, 0.3) is 22.4 Å². The Morgan fingerprint density at radius 2 is 1.92 bits per heavy atom. The number of rotatable bonds is 5. The second kappa shape index (κ2) is 6.55. The molecule has 0 spiro atoms. The highest BCUT2D eigenvalue weighted by Crippen LogP contribution is 2.30. The summed E-state index contributed by atoms with van der Waals surface area (Å²) in [6.45, 7) is 4.84. The number of nitrogens with zero attached hydrogens (tertiary/aromatic N) is 7. The van der Waals surface area contributed by atoms with Gasteiger partial charge in [-0.25, -0.2) is 14.6 Å². The summed E-state index contributed by atoms with van der Waals surface area (Å²) in [7, 11) is 0. The minimum Gasteiger partial charge on any atom is -0.383 e. The number of hydrogen-bond acceptors (Lipinski definition) is 6. The van der Waals surface area contributed by atoms with Crippen molar-refractivity contribution in [3.8, 4) is 11.4 Å². The summed E-state index contributed by atoms with van der Waals surface area (Å²) in [5.41, 5.74) is 9.40. The number of nitrogen functional groups attached to an aromatic ring is 1. The minimum absolute atomic E-state index is 0.147. The molecule has 8 nitrogen and oxygen atoms in total. The Bertz CT molecular complexity index is 1030. The Hall–Kier alpha value is -3.29. The van der Waals surface area contributed by atoms with Crippen LogP contribution in [0.4, 0.5) is 5.82 Å². The lowest BCUT2D eigenvalue weighted by molar-refractivity contribution is 0.547. The van der Waals surface area contributed by atoms with Crippen LogP contribution in [0.5, 0.6) is 0 Å². The van der Waals surface area contributed by atoms with Crippen molar-refractivity contribution in [3.63, 3.8) is 0 Å². The molecule has 2 N–H and O–H groups in total. The smallest absolute Gasteiger partial charge is 0.164 e. The predicted octanol–water partition coefficient (Wildman–Crippen LogP) is 2.49. The van der Waals surface area contributed by atoms with Crippen LogP contribution in [0, 0.1) is 0 Å². The first-order valence-corrected chi connectivity index (χ1v) is 8.56. The second-order valence-corrected chi connectivity index (χ2v) is 6.45. The molecule has 0 aliphatic heterocycles. The maximum absolute atomic E-state index is 6.09. The van der Waals surface area contributed by atoms with E-state index in [1.807, 2.05) is 47.6 Å². The maximum atomic E-state index is 6.09. The zero-order valence-corrected chi connectivity index (χ0v) is 14.7. The van der Waals surface area contributed by atoms with Gasteiger partial charge in [-0.05, 0) is 25.8 Å². The summed E-state index contributed by atoms with van der Waals surface area (Å²) in [6, 6.07) is 10.4. The molecule has 3 heterocycles. The van der Waals surface area contributed by atoms with Crippen molar-refractivity contribution in [1.29, 1.82) is 0 Å². The number of benzene rings is 1. The van der Waals surface area contributed by atoms with Gasteiger partial charge in [0, 0.05) is 12.6 Å². The first-order valence-electron chi connectivity index (χ1n) is 8.56. The summed E-state index contributed by atoms with van der Waals surface area (Å²) in [4.78, 5) is 8.45. The molecule has 132 valence electrons. The third kappa shape index (κ3) is 2.90. The molecule has 4 rings (SSSR count). The molecule has 0 fully saturated rings. The fourth-order valence-corrected chi connectivity index (χ4v) is 2.94. The zero-order valence-electron chi connectivity index (χ0n) is 14.7. The molecule has 0 atom stereocenters. The monoisotopic (exact) mass is 348 g/mol. The van der Waals surface area contributed by atoms with Gasteiger partial charge in [-0.2, -0.15) is 5.10 Å². The van der Waals surface area contributed by atoms with Crippen LogP contribution >= 0.6 is 0 Å². The van der Waals surface area contributed by atoms with E-state index in [0.29, 0.717) is 22.9 Å². The topological polar surface area (TPSA) is 100 Å². The van der Waals surface area contributed by atoms with Crippen LogP contribution in [-0.4, -0.2) is 34.7 Å². The molecule has 0 aliphatic rings. The van der Waals surface area contributed by atoms with Crippen LogP contribution in [0.15, 0.2) is 42.9 Å². The quantitative estimate of drug-likeness (QED) is 0.595. The minimum atomic E-state index is 0.147. The van der Waals surface area contributed by atoms with Crippen LogP contribution < -0.4 is 5.73 Å². The summed E-state index contributed by atoms with van der Waals surface area (Å²) in [6.07, 6.45) is 4.23. The Balaban J connectivity index is 1.67. The summed E-state index contributed by atoms with van der Waals surface area (Å²) < 4.78 is 3.66. The number of aromatic nitrogens is 7. The van der Waals surface area contributed by atoms with Crippen molar-refractivity contribution < 1.29 is 0 Å². The van der Waals surface area contributed by atoms with E-state index in [9.17, 15) is 0 Å². The molecule has 0 bridgehead atoms. The van der Waals surface area contributed by atoms with E-state index in [0.717, 1.165) is 18.4 Å². The van der Waals surface area contributed by atoms with Gasteiger partial charge >= 0.3 is 0 Å². The molecule has 0 aliphatic carbocycles. The third-order valence-corrected chi connectivity index (χ3v) is 4.26. The Morgan fingerprint density at radius 3 is 2.69 bits per heavy atom. The van der Waals surface area contributed by atoms with E-state index in [4.69, 9.17) is 5.73 Å². The van der Waals surface area contributed by atoms with Crippen molar-refractivity contribution in [2.75, 3.05) is 5.73 Å². The van der Waals surface area contributed by atoms with Crippen molar-refractivity contribution in [2.45, 2.75) is 32.9 Å². The molecule has 8 heteroatoms. The molecular formula is C18H20N8. The largest absolute Gasteiger partial charge is 0.383 e. The SMILES string of the molecule is CC(C)n1nc(-c2cn(CCc3ccccc3)nn2)c2c(N)ncnc21. The summed E-state index contributed by atoms with van der Waals surface area (Å²) in [5.74, 6) is 0.399. The van der Waals surface area contributed by atoms with E-state index < -0.39 is 0 Å². The summed E-state index contributed by atoms with van der Waals surface area (Å²) >= 11 is 0. The van der Waals surface area contributed by atoms with Crippen LogP contribution in [0.2, 0.25) is 0 Å².